The highest BCUT2D eigenvalue weighted by atomic mass is 15.1. The van der Waals surface area contributed by atoms with E-state index in [1.807, 2.05) is 0 Å². The highest BCUT2D eigenvalue weighted by molar-refractivity contribution is 6.14. The molecule has 7 aromatic carbocycles. The summed E-state index contributed by atoms with van der Waals surface area (Å²) < 4.78 is 2.48. The summed E-state index contributed by atoms with van der Waals surface area (Å²) in [6.07, 6.45) is 21.7. The van der Waals surface area contributed by atoms with Crippen LogP contribution in [0.3, 0.4) is 0 Å². The summed E-state index contributed by atoms with van der Waals surface area (Å²) in [5, 5.41) is 2.57. The predicted octanol–water partition coefficient (Wildman–Crippen LogP) is 16.5. The largest absolute Gasteiger partial charge is 0.311 e. The van der Waals surface area contributed by atoms with Crippen LogP contribution in [0.25, 0.3) is 56.4 Å². The smallest absolute Gasteiger partial charge is 0.0541 e. The lowest BCUT2D eigenvalue weighted by molar-refractivity contribution is 0.490. The molecule has 11 rings (SSSR count). The lowest BCUT2D eigenvalue weighted by Crippen LogP contribution is -2.24. The maximum atomic E-state index is 2.50. The number of fused-ring (bicyclic) bond motifs is 6. The van der Waals surface area contributed by atoms with Crippen LogP contribution in [0.1, 0.15) is 85.3 Å². The molecule has 0 radical (unpaired) electrons. The van der Waals surface area contributed by atoms with E-state index in [4.69, 9.17) is 0 Å². The Labute approximate surface area is 372 Å². The number of aromatic nitrogens is 1. The van der Waals surface area contributed by atoms with Crippen molar-refractivity contribution >= 4 is 56.6 Å². The van der Waals surface area contributed by atoms with E-state index in [0.29, 0.717) is 5.92 Å². The van der Waals surface area contributed by atoms with Crippen molar-refractivity contribution in [3.8, 4) is 11.1 Å². The summed E-state index contributed by atoms with van der Waals surface area (Å²) >= 11 is 0. The highest BCUT2D eigenvalue weighted by Crippen LogP contribution is 2.54. The summed E-state index contributed by atoms with van der Waals surface area (Å²) in [4.78, 5) is 2.43. The first kappa shape index (κ1) is 38.7. The molecule has 8 aromatic rings. The van der Waals surface area contributed by atoms with Gasteiger partial charge >= 0.3 is 0 Å². The summed E-state index contributed by atoms with van der Waals surface area (Å²) in [6.45, 7) is 4.73. The minimum atomic E-state index is -0.0573. The second-order valence-electron chi connectivity index (χ2n) is 17.4. The van der Waals surface area contributed by atoms with Gasteiger partial charge in [-0.1, -0.05) is 184 Å². The van der Waals surface area contributed by atoms with Crippen LogP contribution in [-0.2, 0) is 5.41 Å². The van der Waals surface area contributed by atoms with E-state index in [1.165, 1.54) is 94.7 Å². The highest BCUT2D eigenvalue weighted by Gasteiger charge is 2.41. The average Bonchev–Trinajstić information content (AvgIpc) is 3.84. The van der Waals surface area contributed by atoms with Crippen molar-refractivity contribution in [2.75, 3.05) is 4.90 Å². The van der Waals surface area contributed by atoms with E-state index in [-0.39, 0.29) is 5.41 Å². The van der Waals surface area contributed by atoms with Gasteiger partial charge in [0.15, 0.2) is 0 Å². The van der Waals surface area contributed by atoms with Crippen LogP contribution < -0.4 is 4.90 Å². The van der Waals surface area contributed by atoms with Crippen LogP contribution in [0.15, 0.2) is 206 Å². The fourth-order valence-electron chi connectivity index (χ4n) is 10.8. The Morgan fingerprint density at radius 1 is 0.587 bits per heavy atom. The topological polar surface area (TPSA) is 8.17 Å². The number of para-hydroxylation sites is 3. The van der Waals surface area contributed by atoms with Gasteiger partial charge in [-0.05, 0) is 119 Å². The second-order valence-corrected chi connectivity index (χ2v) is 17.4. The van der Waals surface area contributed by atoms with Crippen molar-refractivity contribution < 1.29 is 0 Å². The van der Waals surface area contributed by atoms with Crippen LogP contribution in [0, 0.1) is 0 Å². The van der Waals surface area contributed by atoms with Gasteiger partial charge in [-0.25, -0.2) is 0 Å². The van der Waals surface area contributed by atoms with Crippen molar-refractivity contribution in [2.24, 2.45) is 0 Å². The van der Waals surface area contributed by atoms with E-state index in [9.17, 15) is 0 Å². The molecule has 0 bridgehead atoms. The Morgan fingerprint density at radius 2 is 1.21 bits per heavy atom. The number of anilines is 2. The van der Waals surface area contributed by atoms with E-state index >= 15 is 0 Å². The molecule has 63 heavy (non-hydrogen) atoms. The zero-order valence-corrected chi connectivity index (χ0v) is 36.2. The lowest BCUT2D eigenvalue weighted by Gasteiger charge is -2.32. The number of hydrogen-bond acceptors (Lipinski definition) is 1. The summed E-state index contributed by atoms with van der Waals surface area (Å²) in [5.41, 5.74) is 19.2. The third-order valence-corrected chi connectivity index (χ3v) is 14.0. The molecule has 2 heteroatoms. The molecule has 2 nitrogen and oxygen atoms in total. The SMILES string of the molecule is CCC1(CC)c2cc(/C=C/c3ccc(C4=CC(c5ccccc5)CC=C4n4c5ccccc5c5ccccc54)cc3)ccc2-c2ccc(N(C3=CCCC=C3)c3ccccc3)cc21. The molecule has 0 saturated heterocycles. The van der Waals surface area contributed by atoms with Crippen molar-refractivity contribution in [1.82, 2.24) is 4.57 Å². The van der Waals surface area contributed by atoms with Gasteiger partial charge in [-0.2, -0.15) is 0 Å². The van der Waals surface area contributed by atoms with Crippen molar-refractivity contribution in [3.05, 3.63) is 239 Å². The van der Waals surface area contributed by atoms with Crippen LogP contribution in [0.2, 0.25) is 0 Å². The Bertz CT molecular complexity index is 3100. The molecule has 3 aliphatic rings. The first-order valence-corrected chi connectivity index (χ1v) is 22.9. The fourth-order valence-corrected chi connectivity index (χ4v) is 10.8. The summed E-state index contributed by atoms with van der Waals surface area (Å²) in [5.74, 6) is 0.308. The van der Waals surface area contributed by atoms with E-state index in [2.05, 4.69) is 236 Å². The van der Waals surface area contributed by atoms with E-state index < -0.39 is 0 Å². The average molecular weight is 813 g/mol. The molecule has 3 aliphatic carbocycles. The number of nitrogens with zero attached hydrogens (tertiary/aromatic N) is 2. The third kappa shape index (κ3) is 6.73. The minimum Gasteiger partial charge on any atom is -0.311 e. The molecule has 1 atom stereocenters. The van der Waals surface area contributed by atoms with Crippen LogP contribution >= 0.6 is 0 Å². The lowest BCUT2D eigenvalue weighted by atomic mass is 9.73. The van der Waals surface area contributed by atoms with Gasteiger partial charge < -0.3 is 9.47 Å². The minimum absolute atomic E-state index is 0.0573. The van der Waals surface area contributed by atoms with Crippen molar-refractivity contribution in [3.63, 3.8) is 0 Å². The zero-order chi connectivity index (χ0) is 42.3. The third-order valence-electron chi connectivity index (χ3n) is 14.0. The molecule has 0 saturated carbocycles. The molecule has 0 N–H and O–H groups in total. The number of rotatable bonds is 10. The molecule has 1 aromatic heterocycles. The quantitative estimate of drug-likeness (QED) is 0.125. The van der Waals surface area contributed by atoms with Gasteiger partial charge in [0.2, 0.25) is 0 Å². The Kier molecular flexibility index (Phi) is 10.0. The summed E-state index contributed by atoms with van der Waals surface area (Å²) in [6, 6.07) is 62.9. The fraction of sp³-hybridized carbons (Fsp3) is 0.148. The standard InChI is InChI=1S/C61H52N2/c1-3-61(4-2)56-40-44(32-37-51(56)52-38-36-50(42-57(52)61)62(48-20-10-6-11-21-48)49-22-12-7-13-23-49)29-28-43-30-33-46(34-31-43)55-41-47(45-18-8-5-9-19-45)35-39-60(55)63-58-26-16-14-24-53(58)54-25-15-17-27-59(54)63/h5-6,8-12,14-34,36-42,47H,3-4,7,13,35H2,1-2H3/b29-28+. The molecule has 306 valence electrons. The van der Waals surface area contributed by atoms with Gasteiger partial charge in [0.25, 0.3) is 0 Å². The van der Waals surface area contributed by atoms with Gasteiger partial charge in [0.05, 0.1) is 11.0 Å². The van der Waals surface area contributed by atoms with Crippen molar-refractivity contribution in [2.45, 2.75) is 57.3 Å². The van der Waals surface area contributed by atoms with E-state index in [1.54, 1.807) is 0 Å². The Balaban J connectivity index is 0.918. The summed E-state index contributed by atoms with van der Waals surface area (Å²) in [7, 11) is 0. The molecular weight excluding hydrogens is 761 g/mol. The molecule has 0 fully saturated rings. The van der Waals surface area contributed by atoms with E-state index in [0.717, 1.165) is 32.1 Å². The zero-order valence-electron chi connectivity index (χ0n) is 36.2. The Hall–Kier alpha value is -7.16. The molecule has 0 amide bonds. The van der Waals surface area contributed by atoms with Crippen LogP contribution in [-0.4, -0.2) is 4.57 Å². The maximum absolute atomic E-state index is 2.50. The molecule has 0 aliphatic heterocycles. The van der Waals surface area contributed by atoms with Gasteiger partial charge in [-0.15, -0.1) is 0 Å². The number of allylic oxidation sites excluding steroid dienone is 7. The van der Waals surface area contributed by atoms with Crippen molar-refractivity contribution in [1.29, 1.82) is 0 Å². The van der Waals surface area contributed by atoms with Gasteiger partial charge in [0, 0.05) is 50.4 Å². The van der Waals surface area contributed by atoms with Gasteiger partial charge in [-0.3, -0.25) is 0 Å². The molecule has 1 unspecified atom stereocenters. The first-order chi connectivity index (χ1) is 31.1. The molecule has 0 spiro atoms. The Morgan fingerprint density at radius 3 is 1.89 bits per heavy atom. The second kappa shape index (κ2) is 16.3. The van der Waals surface area contributed by atoms with Gasteiger partial charge in [0.1, 0.15) is 0 Å². The predicted molar refractivity (Wildman–Crippen MR) is 269 cm³/mol. The van der Waals surface area contributed by atoms with Crippen LogP contribution in [0.5, 0.6) is 0 Å². The first-order valence-electron chi connectivity index (χ1n) is 22.9. The normalized spacial score (nSPS) is 16.5. The monoisotopic (exact) mass is 812 g/mol. The number of hydrogen-bond donors (Lipinski definition) is 0. The number of benzene rings is 7. The van der Waals surface area contributed by atoms with Crippen LogP contribution in [0.4, 0.5) is 11.4 Å². The molecular formula is C61H52N2. The molecule has 1 heterocycles. The maximum Gasteiger partial charge on any atom is 0.0541 e.